The van der Waals surface area contributed by atoms with Gasteiger partial charge < -0.3 is 14.8 Å². The molecule has 0 aromatic carbocycles. The van der Waals surface area contributed by atoms with Crippen molar-refractivity contribution in [3.63, 3.8) is 0 Å². The summed E-state index contributed by atoms with van der Waals surface area (Å²) in [6, 6.07) is 1.57. The third-order valence-corrected chi connectivity index (χ3v) is 3.21. The fourth-order valence-electron chi connectivity index (χ4n) is 2.14. The minimum atomic E-state index is -0.187. The zero-order chi connectivity index (χ0) is 13.7. The van der Waals surface area contributed by atoms with Gasteiger partial charge in [-0.2, -0.15) is 0 Å². The number of rotatable bonds is 6. The van der Waals surface area contributed by atoms with Gasteiger partial charge in [0.05, 0.1) is 24.9 Å². The molecular weight excluding hydrogens is 244 g/mol. The van der Waals surface area contributed by atoms with E-state index in [0.717, 1.165) is 6.42 Å². The minimum absolute atomic E-state index is 0.0500. The van der Waals surface area contributed by atoms with E-state index < -0.39 is 0 Å². The Kier molecular flexibility index (Phi) is 4.87. The van der Waals surface area contributed by atoms with E-state index in [4.69, 9.17) is 9.47 Å². The molecule has 1 aliphatic rings. The molecule has 0 spiro atoms. The van der Waals surface area contributed by atoms with E-state index in [1.807, 2.05) is 6.92 Å². The second kappa shape index (κ2) is 6.63. The van der Waals surface area contributed by atoms with Gasteiger partial charge in [-0.25, -0.2) is 0 Å². The first-order valence-electron chi connectivity index (χ1n) is 6.62. The average Bonchev–Trinajstić information content (AvgIpc) is 2.93. The zero-order valence-electron chi connectivity index (χ0n) is 11.4. The highest BCUT2D eigenvalue weighted by Crippen LogP contribution is 2.17. The van der Waals surface area contributed by atoms with E-state index in [2.05, 4.69) is 10.3 Å². The molecule has 2 unspecified atom stereocenters. The van der Waals surface area contributed by atoms with Crippen molar-refractivity contribution in [1.82, 2.24) is 10.3 Å². The Morgan fingerprint density at radius 1 is 1.53 bits per heavy atom. The molecule has 0 bridgehead atoms. The van der Waals surface area contributed by atoms with Crippen molar-refractivity contribution in [2.45, 2.75) is 31.9 Å². The van der Waals surface area contributed by atoms with Crippen LogP contribution in [-0.4, -0.2) is 43.2 Å². The Morgan fingerprint density at radius 3 is 3.05 bits per heavy atom. The van der Waals surface area contributed by atoms with Crippen LogP contribution in [0.4, 0.5) is 0 Å². The molecule has 19 heavy (non-hydrogen) atoms. The molecule has 2 rings (SSSR count). The Morgan fingerprint density at radius 2 is 2.37 bits per heavy atom. The number of nitrogens with zero attached hydrogens (tertiary/aromatic N) is 1. The number of pyridine rings is 1. The summed E-state index contributed by atoms with van der Waals surface area (Å²) in [5.41, 5.74) is 0.586. The Labute approximate surface area is 113 Å². The molecule has 1 fully saturated rings. The molecule has 5 nitrogen and oxygen atoms in total. The van der Waals surface area contributed by atoms with Gasteiger partial charge in [0, 0.05) is 25.4 Å². The lowest BCUT2D eigenvalue weighted by molar-refractivity contribution is 0.0918. The molecule has 2 atom stereocenters. The van der Waals surface area contributed by atoms with Crippen molar-refractivity contribution < 1.29 is 14.3 Å². The predicted octanol–water partition coefficient (Wildman–Crippen LogP) is 1.43. The van der Waals surface area contributed by atoms with E-state index in [1.54, 1.807) is 25.6 Å². The number of carbonyl (C=O) groups is 1. The Hall–Kier alpha value is -1.46. The van der Waals surface area contributed by atoms with E-state index in [0.29, 0.717) is 30.9 Å². The summed E-state index contributed by atoms with van der Waals surface area (Å²) in [7, 11) is 1.67. The van der Waals surface area contributed by atoms with Crippen LogP contribution < -0.4 is 10.1 Å². The summed E-state index contributed by atoms with van der Waals surface area (Å²) in [4.78, 5) is 16.4. The zero-order valence-corrected chi connectivity index (χ0v) is 11.4. The predicted molar refractivity (Wildman–Crippen MR) is 71.6 cm³/mol. The van der Waals surface area contributed by atoms with Gasteiger partial charge in [0.15, 0.2) is 5.78 Å². The quantitative estimate of drug-likeness (QED) is 0.788. The molecule has 0 saturated carbocycles. The van der Waals surface area contributed by atoms with Crippen LogP contribution in [0.3, 0.4) is 0 Å². The molecule has 1 aromatic heterocycles. The highest BCUT2D eigenvalue weighted by Gasteiger charge is 2.30. The summed E-state index contributed by atoms with van der Waals surface area (Å²) in [6.45, 7) is 3.38. The minimum Gasteiger partial charge on any atom is -0.492 e. The number of hydrogen-bond donors (Lipinski definition) is 1. The second-order valence-corrected chi connectivity index (χ2v) is 4.68. The normalized spacial score (nSPS) is 22.4. The number of aromatic nitrogens is 1. The Bertz CT molecular complexity index is 436. The van der Waals surface area contributed by atoms with E-state index in [-0.39, 0.29) is 17.9 Å². The third-order valence-electron chi connectivity index (χ3n) is 3.21. The Balaban J connectivity index is 2.02. The highest BCUT2D eigenvalue weighted by molar-refractivity contribution is 6.00. The maximum Gasteiger partial charge on any atom is 0.181 e. The van der Waals surface area contributed by atoms with Gasteiger partial charge >= 0.3 is 0 Å². The lowest BCUT2D eigenvalue weighted by Gasteiger charge is -2.10. The molecule has 2 heterocycles. The van der Waals surface area contributed by atoms with Gasteiger partial charge in [0.1, 0.15) is 5.75 Å². The third kappa shape index (κ3) is 3.52. The van der Waals surface area contributed by atoms with Gasteiger partial charge in [-0.15, -0.1) is 0 Å². The fourth-order valence-corrected chi connectivity index (χ4v) is 2.14. The molecule has 0 aliphatic carbocycles. The van der Waals surface area contributed by atoms with Crippen LogP contribution in [-0.2, 0) is 4.74 Å². The number of methoxy groups -OCH3 is 1. The van der Waals surface area contributed by atoms with Crippen LogP contribution in [0, 0.1) is 0 Å². The van der Waals surface area contributed by atoms with Crippen LogP contribution in [0.5, 0.6) is 5.75 Å². The van der Waals surface area contributed by atoms with Gasteiger partial charge in [0.2, 0.25) is 0 Å². The van der Waals surface area contributed by atoms with E-state index in [9.17, 15) is 4.79 Å². The summed E-state index contributed by atoms with van der Waals surface area (Å²) >= 11 is 0. The van der Waals surface area contributed by atoms with Crippen LogP contribution in [0.1, 0.15) is 30.1 Å². The number of carbonyl (C=O) groups excluding carboxylic acids is 1. The SMILES string of the molecule is CCCOc1cncc(C(=O)C2CC(OC)CN2)c1. The van der Waals surface area contributed by atoms with Crippen molar-refractivity contribution in [2.24, 2.45) is 0 Å². The van der Waals surface area contributed by atoms with Gasteiger partial charge in [0.25, 0.3) is 0 Å². The van der Waals surface area contributed by atoms with Gasteiger partial charge in [-0.1, -0.05) is 6.92 Å². The number of ether oxygens (including phenoxy) is 2. The van der Waals surface area contributed by atoms with Crippen molar-refractivity contribution in [3.05, 3.63) is 24.0 Å². The molecule has 1 aliphatic heterocycles. The fraction of sp³-hybridized carbons (Fsp3) is 0.571. The summed E-state index contributed by atoms with van der Waals surface area (Å²) in [5, 5.41) is 3.18. The monoisotopic (exact) mass is 264 g/mol. The number of Topliss-reactive ketones (excluding diaryl/α,β-unsaturated/α-hetero) is 1. The number of ketones is 1. The van der Waals surface area contributed by atoms with E-state index >= 15 is 0 Å². The molecule has 1 aromatic rings. The van der Waals surface area contributed by atoms with Crippen molar-refractivity contribution in [2.75, 3.05) is 20.3 Å². The lowest BCUT2D eigenvalue weighted by atomic mass is 10.0. The largest absolute Gasteiger partial charge is 0.492 e. The standard InChI is InChI=1S/C14H20N2O3/c1-3-4-19-12-5-10(7-15-8-12)14(17)13-6-11(18-2)9-16-13/h5,7-8,11,13,16H,3-4,6,9H2,1-2H3. The first-order chi connectivity index (χ1) is 9.24. The molecule has 1 saturated heterocycles. The topological polar surface area (TPSA) is 60.5 Å². The first kappa shape index (κ1) is 14.0. The van der Waals surface area contributed by atoms with Crippen molar-refractivity contribution in [3.8, 4) is 5.75 Å². The number of nitrogens with one attached hydrogen (secondary N) is 1. The average molecular weight is 264 g/mol. The van der Waals surface area contributed by atoms with Crippen LogP contribution in [0.15, 0.2) is 18.5 Å². The van der Waals surface area contributed by atoms with Crippen molar-refractivity contribution in [1.29, 1.82) is 0 Å². The number of hydrogen-bond acceptors (Lipinski definition) is 5. The van der Waals surface area contributed by atoms with Crippen molar-refractivity contribution >= 4 is 5.78 Å². The molecule has 0 radical (unpaired) electrons. The summed E-state index contributed by atoms with van der Waals surface area (Å²) in [6.07, 6.45) is 4.96. The maximum atomic E-state index is 12.3. The van der Waals surface area contributed by atoms with Crippen LogP contribution in [0.2, 0.25) is 0 Å². The summed E-state index contributed by atoms with van der Waals surface area (Å²) in [5.74, 6) is 0.697. The van der Waals surface area contributed by atoms with Crippen LogP contribution in [0.25, 0.3) is 0 Å². The van der Waals surface area contributed by atoms with Gasteiger partial charge in [-0.05, 0) is 18.9 Å². The lowest BCUT2D eigenvalue weighted by Crippen LogP contribution is -2.30. The first-order valence-corrected chi connectivity index (χ1v) is 6.62. The van der Waals surface area contributed by atoms with Gasteiger partial charge in [-0.3, -0.25) is 9.78 Å². The molecular formula is C14H20N2O3. The second-order valence-electron chi connectivity index (χ2n) is 4.68. The smallest absolute Gasteiger partial charge is 0.181 e. The molecule has 104 valence electrons. The van der Waals surface area contributed by atoms with Crippen LogP contribution >= 0.6 is 0 Å². The maximum absolute atomic E-state index is 12.3. The molecule has 0 amide bonds. The molecule has 5 heteroatoms. The highest BCUT2D eigenvalue weighted by atomic mass is 16.5. The molecule has 1 N–H and O–H groups in total. The van der Waals surface area contributed by atoms with E-state index in [1.165, 1.54) is 0 Å². The summed E-state index contributed by atoms with van der Waals surface area (Å²) < 4.78 is 10.7.